The van der Waals surface area contributed by atoms with Crippen LogP contribution in [-0.2, 0) is 9.59 Å². The summed E-state index contributed by atoms with van der Waals surface area (Å²) in [5.74, 6) is -0.834. The molecule has 0 spiro atoms. The van der Waals surface area contributed by atoms with E-state index in [9.17, 15) is 9.59 Å². The number of amides is 1. The molecule has 2 rings (SSSR count). The number of anilines is 1. The van der Waals surface area contributed by atoms with Crippen molar-refractivity contribution in [3.63, 3.8) is 0 Å². The van der Waals surface area contributed by atoms with E-state index in [2.05, 4.69) is 0 Å². The van der Waals surface area contributed by atoms with Crippen LogP contribution in [0, 0.1) is 0 Å². The fourth-order valence-corrected chi connectivity index (χ4v) is 1.90. The molecule has 0 unspecified atom stereocenters. The number of aliphatic carboxylic acids is 1. The molecule has 5 heteroatoms. The summed E-state index contributed by atoms with van der Waals surface area (Å²) in [6.45, 7) is 0.941. The molecule has 1 aromatic rings. The third kappa shape index (κ3) is 2.62. The van der Waals surface area contributed by atoms with Crippen molar-refractivity contribution in [3.05, 3.63) is 30.3 Å². The Morgan fingerprint density at radius 1 is 1.29 bits per heavy atom. The van der Waals surface area contributed by atoms with Gasteiger partial charge >= 0.3 is 5.97 Å². The van der Waals surface area contributed by atoms with Crippen LogP contribution in [-0.4, -0.2) is 35.1 Å². The normalized spacial score (nSPS) is 16.5. The highest BCUT2D eigenvalue weighted by molar-refractivity contribution is 5.94. The van der Waals surface area contributed by atoms with Crippen molar-refractivity contribution in [2.45, 2.75) is 12.8 Å². The Kier molecular flexibility index (Phi) is 3.39. The van der Waals surface area contributed by atoms with Gasteiger partial charge in [-0.1, -0.05) is 18.2 Å². The van der Waals surface area contributed by atoms with Crippen molar-refractivity contribution in [2.24, 2.45) is 0 Å². The molecule has 1 aliphatic heterocycles. The third-order valence-electron chi connectivity index (χ3n) is 2.69. The molecule has 1 aromatic carbocycles. The van der Waals surface area contributed by atoms with Gasteiger partial charge in [0, 0.05) is 19.5 Å². The molecule has 0 atom stereocenters. The second-order valence-corrected chi connectivity index (χ2v) is 3.89. The summed E-state index contributed by atoms with van der Waals surface area (Å²) in [6.07, 6.45) is 0.477. The first kappa shape index (κ1) is 11.6. The Morgan fingerprint density at radius 3 is 2.65 bits per heavy atom. The van der Waals surface area contributed by atoms with Crippen LogP contribution < -0.4 is 5.01 Å². The van der Waals surface area contributed by atoms with Crippen LogP contribution in [0.25, 0.3) is 0 Å². The fraction of sp³-hybridized carbons (Fsp3) is 0.333. The lowest BCUT2D eigenvalue weighted by Crippen LogP contribution is -2.40. The number of carbonyl (C=O) groups excluding carboxylic acids is 1. The monoisotopic (exact) mass is 234 g/mol. The number of carboxylic acid groups (broad SMARTS) is 1. The van der Waals surface area contributed by atoms with Gasteiger partial charge in [-0.2, -0.15) is 0 Å². The highest BCUT2D eigenvalue weighted by Crippen LogP contribution is 2.22. The molecule has 0 saturated carbocycles. The summed E-state index contributed by atoms with van der Waals surface area (Å²) in [7, 11) is 0. The third-order valence-corrected chi connectivity index (χ3v) is 2.69. The molecule has 0 bridgehead atoms. The zero-order valence-corrected chi connectivity index (χ0v) is 9.37. The van der Waals surface area contributed by atoms with Crippen LogP contribution in [0.15, 0.2) is 30.3 Å². The molecule has 1 aliphatic rings. The summed E-state index contributed by atoms with van der Waals surface area (Å²) < 4.78 is 0. The van der Waals surface area contributed by atoms with Crippen molar-refractivity contribution in [1.29, 1.82) is 0 Å². The molecule has 0 aliphatic carbocycles. The molecule has 1 N–H and O–H groups in total. The van der Waals surface area contributed by atoms with E-state index in [1.807, 2.05) is 30.3 Å². The van der Waals surface area contributed by atoms with E-state index in [1.165, 1.54) is 0 Å². The molecule has 1 fully saturated rings. The summed E-state index contributed by atoms with van der Waals surface area (Å²) in [5, 5.41) is 12.0. The molecule has 0 radical (unpaired) electrons. The largest absolute Gasteiger partial charge is 0.481 e. The highest BCUT2D eigenvalue weighted by atomic mass is 16.4. The first-order chi connectivity index (χ1) is 8.18. The topological polar surface area (TPSA) is 60.9 Å². The standard InChI is InChI=1S/C12H14N2O3/c15-11-6-8-13(9-7-12(16)17)14(11)10-4-2-1-3-5-10/h1-5H,6-9H2,(H,16,17). The summed E-state index contributed by atoms with van der Waals surface area (Å²) >= 11 is 0. The minimum absolute atomic E-state index is 0.0154. The average Bonchev–Trinajstić information content (AvgIpc) is 2.69. The average molecular weight is 234 g/mol. The van der Waals surface area contributed by atoms with Crippen molar-refractivity contribution in [1.82, 2.24) is 5.01 Å². The van der Waals surface area contributed by atoms with Crippen LogP contribution in [0.5, 0.6) is 0 Å². The van der Waals surface area contributed by atoms with Gasteiger partial charge in [0.1, 0.15) is 0 Å². The molecule has 0 aromatic heterocycles. The molecular weight excluding hydrogens is 220 g/mol. The minimum atomic E-state index is -0.850. The van der Waals surface area contributed by atoms with Gasteiger partial charge in [0.05, 0.1) is 12.1 Å². The minimum Gasteiger partial charge on any atom is -0.481 e. The second-order valence-electron chi connectivity index (χ2n) is 3.89. The molecular formula is C12H14N2O3. The van der Waals surface area contributed by atoms with Crippen molar-refractivity contribution in [2.75, 3.05) is 18.1 Å². The van der Waals surface area contributed by atoms with Crippen LogP contribution >= 0.6 is 0 Å². The fourth-order valence-electron chi connectivity index (χ4n) is 1.90. The number of nitrogens with zero attached hydrogens (tertiary/aromatic N) is 2. The maximum absolute atomic E-state index is 11.8. The van der Waals surface area contributed by atoms with Gasteiger partial charge in [0.2, 0.25) is 5.91 Å². The van der Waals surface area contributed by atoms with Crippen LogP contribution in [0.1, 0.15) is 12.8 Å². The van der Waals surface area contributed by atoms with Crippen molar-refractivity contribution < 1.29 is 14.7 Å². The smallest absolute Gasteiger partial charge is 0.304 e. The molecule has 5 nitrogen and oxygen atoms in total. The first-order valence-electron chi connectivity index (χ1n) is 5.53. The van der Waals surface area contributed by atoms with Gasteiger partial charge < -0.3 is 5.11 Å². The second kappa shape index (κ2) is 4.97. The van der Waals surface area contributed by atoms with Crippen LogP contribution in [0.3, 0.4) is 0 Å². The van der Waals surface area contributed by atoms with Gasteiger partial charge in [-0.3, -0.25) is 9.59 Å². The maximum atomic E-state index is 11.8. The molecule has 90 valence electrons. The Hall–Kier alpha value is -1.88. The quantitative estimate of drug-likeness (QED) is 0.848. The predicted octanol–water partition coefficient (Wildman–Crippen LogP) is 1.11. The Balaban J connectivity index is 2.12. The number of hydrazine groups is 1. The number of rotatable bonds is 4. The number of para-hydroxylation sites is 1. The Morgan fingerprint density at radius 2 is 2.00 bits per heavy atom. The maximum Gasteiger partial charge on any atom is 0.304 e. The van der Waals surface area contributed by atoms with Gasteiger partial charge in [0.25, 0.3) is 0 Å². The lowest BCUT2D eigenvalue weighted by atomic mass is 10.3. The summed E-state index contributed by atoms with van der Waals surface area (Å²) in [6, 6.07) is 9.28. The predicted molar refractivity (Wildman–Crippen MR) is 62.4 cm³/mol. The van der Waals surface area contributed by atoms with E-state index in [1.54, 1.807) is 10.0 Å². The Bertz CT molecular complexity index is 419. The van der Waals surface area contributed by atoms with Gasteiger partial charge in [-0.15, -0.1) is 0 Å². The van der Waals surface area contributed by atoms with E-state index in [-0.39, 0.29) is 12.3 Å². The molecule has 17 heavy (non-hydrogen) atoms. The SMILES string of the molecule is O=C(O)CCN1CCC(=O)N1c1ccccc1. The number of benzene rings is 1. The summed E-state index contributed by atoms with van der Waals surface area (Å²) in [5.41, 5.74) is 0.792. The number of carbonyl (C=O) groups is 2. The molecule has 1 saturated heterocycles. The number of hydrogen-bond donors (Lipinski definition) is 1. The van der Waals surface area contributed by atoms with Crippen molar-refractivity contribution >= 4 is 17.6 Å². The zero-order chi connectivity index (χ0) is 12.3. The van der Waals surface area contributed by atoms with Crippen LogP contribution in [0.2, 0.25) is 0 Å². The van der Waals surface area contributed by atoms with Gasteiger partial charge in [-0.25, -0.2) is 10.0 Å². The van der Waals surface area contributed by atoms with E-state index in [4.69, 9.17) is 5.11 Å². The lowest BCUT2D eigenvalue weighted by Gasteiger charge is -2.27. The van der Waals surface area contributed by atoms with Crippen molar-refractivity contribution in [3.8, 4) is 0 Å². The lowest BCUT2D eigenvalue weighted by molar-refractivity contribution is -0.137. The number of carboxylic acids is 1. The van der Waals surface area contributed by atoms with Crippen LogP contribution in [0.4, 0.5) is 5.69 Å². The summed E-state index contributed by atoms with van der Waals surface area (Å²) in [4.78, 5) is 22.3. The first-order valence-corrected chi connectivity index (χ1v) is 5.53. The van der Waals surface area contributed by atoms with Gasteiger partial charge in [0.15, 0.2) is 0 Å². The van der Waals surface area contributed by atoms with E-state index >= 15 is 0 Å². The number of hydrogen-bond acceptors (Lipinski definition) is 3. The molecule has 1 amide bonds. The zero-order valence-electron chi connectivity index (χ0n) is 9.37. The Labute approximate surface area is 99.2 Å². The van der Waals surface area contributed by atoms with Gasteiger partial charge in [-0.05, 0) is 12.1 Å². The van der Waals surface area contributed by atoms with E-state index in [0.29, 0.717) is 19.5 Å². The van der Waals surface area contributed by atoms with E-state index in [0.717, 1.165) is 5.69 Å². The van der Waals surface area contributed by atoms with E-state index < -0.39 is 5.97 Å². The highest BCUT2D eigenvalue weighted by Gasteiger charge is 2.29. The molecule has 1 heterocycles.